The molecule has 0 N–H and O–H groups in total. The van der Waals surface area contributed by atoms with Crippen molar-refractivity contribution in [1.29, 1.82) is 0 Å². The fraction of sp³-hybridized carbons (Fsp3) is 0.467. The zero-order valence-corrected chi connectivity index (χ0v) is 14.5. The van der Waals surface area contributed by atoms with E-state index in [1.165, 1.54) is 5.52 Å². The van der Waals surface area contributed by atoms with E-state index in [1.807, 2.05) is 17.5 Å². The predicted molar refractivity (Wildman–Crippen MR) is 80.5 cm³/mol. The number of morpholine rings is 1. The molecule has 1 fully saturated rings. The van der Waals surface area contributed by atoms with Crippen LogP contribution in [0.15, 0.2) is 24.3 Å². The number of ether oxygens (including phenoxy) is 1. The lowest BCUT2D eigenvalue weighted by atomic mass is 10.3. The number of aromatic nitrogens is 4. The summed E-state index contributed by atoms with van der Waals surface area (Å²) in [7, 11) is 0. The number of rotatable bonds is 3. The van der Waals surface area contributed by atoms with E-state index in [-0.39, 0.29) is 24.8 Å². The first kappa shape index (κ1) is 18.0. The average Bonchev–Trinajstić information content (AvgIpc) is 3.02. The highest BCUT2D eigenvalue weighted by atomic mass is 35.5. The zero-order chi connectivity index (χ0) is 14.2. The molecule has 1 aliphatic rings. The fourth-order valence-electron chi connectivity index (χ4n) is 3.01. The van der Waals surface area contributed by atoms with Gasteiger partial charge in [-0.1, -0.05) is 12.1 Å². The Morgan fingerprint density at radius 1 is 1.04 bits per heavy atom. The van der Waals surface area contributed by atoms with E-state index in [0.29, 0.717) is 0 Å². The average molecular weight is 356 g/mol. The van der Waals surface area contributed by atoms with Gasteiger partial charge in [0.15, 0.2) is 0 Å². The molecule has 0 unspecified atom stereocenters. The molecule has 8 heteroatoms. The molecule has 0 spiro atoms. The molecule has 0 saturated carbocycles. The summed E-state index contributed by atoms with van der Waals surface area (Å²) in [5, 5.41) is 4.51. The van der Waals surface area contributed by atoms with Crippen molar-refractivity contribution in [1.82, 2.24) is 24.1 Å². The summed E-state index contributed by atoms with van der Waals surface area (Å²) in [6.07, 6.45) is 0. The summed E-state index contributed by atoms with van der Waals surface area (Å²) in [5.74, 6) is 1.75. The van der Waals surface area contributed by atoms with Crippen molar-refractivity contribution < 1.29 is 29.6 Å². The van der Waals surface area contributed by atoms with Gasteiger partial charge in [0, 0.05) is 26.2 Å². The second-order valence-corrected chi connectivity index (χ2v) is 5.47. The van der Waals surface area contributed by atoms with Crippen molar-refractivity contribution >= 4 is 16.8 Å². The van der Waals surface area contributed by atoms with Gasteiger partial charge in [0.25, 0.3) is 0 Å². The topological polar surface area (TPSA) is 47.6 Å². The molecule has 2 aromatic heterocycles. The van der Waals surface area contributed by atoms with Gasteiger partial charge in [0.1, 0.15) is 5.82 Å². The SMILES string of the molecule is Cc1nc2n(CCN3CCOCC3)c3ccccc3n2n1.[Cl-].[Cl-]. The number of imidazole rings is 1. The Kier molecular flexibility index (Phi) is 5.86. The largest absolute Gasteiger partial charge is 1.00 e. The third kappa shape index (κ3) is 3.30. The van der Waals surface area contributed by atoms with Gasteiger partial charge in [-0.2, -0.15) is 9.50 Å². The van der Waals surface area contributed by atoms with Crippen LogP contribution in [0.2, 0.25) is 0 Å². The Bertz CT molecular complexity index is 779. The molecule has 1 saturated heterocycles. The van der Waals surface area contributed by atoms with Crippen LogP contribution in [0.3, 0.4) is 0 Å². The minimum Gasteiger partial charge on any atom is -1.00 e. The minimum atomic E-state index is 0. The summed E-state index contributed by atoms with van der Waals surface area (Å²) < 4.78 is 9.62. The molecule has 6 nitrogen and oxygen atoms in total. The van der Waals surface area contributed by atoms with E-state index in [9.17, 15) is 0 Å². The Labute approximate surface area is 147 Å². The van der Waals surface area contributed by atoms with Crippen LogP contribution in [-0.2, 0) is 11.3 Å². The maximum absolute atomic E-state index is 5.41. The summed E-state index contributed by atoms with van der Waals surface area (Å²) in [6, 6.07) is 8.35. The highest BCUT2D eigenvalue weighted by Gasteiger charge is 2.15. The van der Waals surface area contributed by atoms with Gasteiger partial charge in [0.05, 0.1) is 24.2 Å². The first-order valence-corrected chi connectivity index (χ1v) is 7.43. The molecule has 1 aliphatic heterocycles. The number of hydrogen-bond donors (Lipinski definition) is 0. The van der Waals surface area contributed by atoms with Gasteiger partial charge < -0.3 is 34.1 Å². The Hall–Kier alpha value is -1.34. The highest BCUT2D eigenvalue weighted by Crippen LogP contribution is 2.19. The smallest absolute Gasteiger partial charge is 0.233 e. The summed E-state index contributed by atoms with van der Waals surface area (Å²) in [5.41, 5.74) is 2.32. The lowest BCUT2D eigenvalue weighted by Gasteiger charge is -2.26. The first-order chi connectivity index (χ1) is 10.3. The van der Waals surface area contributed by atoms with Crippen LogP contribution in [0.25, 0.3) is 16.8 Å². The summed E-state index contributed by atoms with van der Waals surface area (Å²) >= 11 is 0. The Balaban J connectivity index is 0.000000960. The van der Waals surface area contributed by atoms with Crippen molar-refractivity contribution in [2.75, 3.05) is 32.8 Å². The highest BCUT2D eigenvalue weighted by molar-refractivity contribution is 5.80. The summed E-state index contributed by atoms with van der Waals surface area (Å²) in [4.78, 5) is 7.03. The van der Waals surface area contributed by atoms with E-state index in [0.717, 1.165) is 56.5 Å². The van der Waals surface area contributed by atoms with Crippen LogP contribution in [-0.4, -0.2) is 56.9 Å². The van der Waals surface area contributed by atoms with Gasteiger partial charge in [-0.3, -0.25) is 4.90 Å². The second-order valence-electron chi connectivity index (χ2n) is 5.47. The van der Waals surface area contributed by atoms with E-state index in [2.05, 4.69) is 37.7 Å². The quantitative estimate of drug-likeness (QED) is 0.474. The van der Waals surface area contributed by atoms with Crippen molar-refractivity contribution in [2.45, 2.75) is 13.5 Å². The lowest BCUT2D eigenvalue weighted by molar-refractivity contribution is -0.001000. The molecule has 4 rings (SSSR count). The molecule has 0 radical (unpaired) electrons. The number of halogens is 2. The molecular weight excluding hydrogens is 337 g/mol. The van der Waals surface area contributed by atoms with Crippen molar-refractivity contribution in [2.24, 2.45) is 0 Å². The fourth-order valence-corrected chi connectivity index (χ4v) is 3.01. The Morgan fingerprint density at radius 3 is 2.48 bits per heavy atom. The van der Waals surface area contributed by atoms with E-state index in [1.54, 1.807) is 0 Å². The number of para-hydroxylation sites is 2. The van der Waals surface area contributed by atoms with E-state index < -0.39 is 0 Å². The number of aryl methyl sites for hydroxylation is 1. The van der Waals surface area contributed by atoms with Crippen LogP contribution >= 0.6 is 0 Å². The van der Waals surface area contributed by atoms with Gasteiger partial charge in [-0.05, 0) is 19.1 Å². The van der Waals surface area contributed by atoms with E-state index >= 15 is 0 Å². The third-order valence-electron chi connectivity index (χ3n) is 4.08. The lowest BCUT2D eigenvalue weighted by Crippen LogP contribution is -3.00. The van der Waals surface area contributed by atoms with Crippen molar-refractivity contribution in [3.8, 4) is 0 Å². The Morgan fingerprint density at radius 2 is 1.74 bits per heavy atom. The molecule has 0 bridgehead atoms. The molecule has 0 amide bonds. The van der Waals surface area contributed by atoms with Gasteiger partial charge in [-0.15, -0.1) is 5.10 Å². The molecule has 23 heavy (non-hydrogen) atoms. The minimum absolute atomic E-state index is 0. The maximum Gasteiger partial charge on any atom is 0.233 e. The van der Waals surface area contributed by atoms with Crippen LogP contribution in [0.1, 0.15) is 5.82 Å². The summed E-state index contributed by atoms with van der Waals surface area (Å²) in [6.45, 7) is 7.59. The molecule has 3 aromatic rings. The monoisotopic (exact) mass is 355 g/mol. The van der Waals surface area contributed by atoms with Crippen LogP contribution < -0.4 is 24.8 Å². The van der Waals surface area contributed by atoms with Gasteiger partial charge in [-0.25, -0.2) is 0 Å². The van der Waals surface area contributed by atoms with Crippen molar-refractivity contribution in [3.05, 3.63) is 30.1 Å². The molecule has 0 atom stereocenters. The standard InChI is InChI=1S/C15H19N5O.2ClH/c1-12-16-15-19(7-6-18-8-10-21-11-9-18)13-4-2-3-5-14(13)20(15)17-12;;/h2-5H,6-11H2,1H3;2*1H/p-2. The molecule has 3 heterocycles. The van der Waals surface area contributed by atoms with Gasteiger partial charge in [0.2, 0.25) is 5.78 Å². The molecule has 126 valence electrons. The molecule has 0 aliphatic carbocycles. The van der Waals surface area contributed by atoms with Crippen LogP contribution in [0.4, 0.5) is 0 Å². The molecular formula is C15H19Cl2N5O-2. The molecule has 1 aromatic carbocycles. The third-order valence-corrected chi connectivity index (χ3v) is 4.08. The number of fused-ring (bicyclic) bond motifs is 3. The number of hydrogen-bond acceptors (Lipinski definition) is 4. The number of benzene rings is 1. The predicted octanol–water partition coefficient (Wildman–Crippen LogP) is -4.67. The second kappa shape index (κ2) is 7.49. The number of nitrogens with zero attached hydrogens (tertiary/aromatic N) is 5. The van der Waals surface area contributed by atoms with E-state index in [4.69, 9.17) is 4.74 Å². The maximum atomic E-state index is 5.41. The van der Waals surface area contributed by atoms with Crippen LogP contribution in [0, 0.1) is 6.92 Å². The van der Waals surface area contributed by atoms with Gasteiger partial charge >= 0.3 is 0 Å². The first-order valence-electron chi connectivity index (χ1n) is 7.43. The van der Waals surface area contributed by atoms with Crippen LogP contribution in [0.5, 0.6) is 0 Å². The normalized spacial score (nSPS) is 15.5. The van der Waals surface area contributed by atoms with Crippen molar-refractivity contribution in [3.63, 3.8) is 0 Å². The zero-order valence-electron chi connectivity index (χ0n) is 13.0.